The molecule has 0 radical (unpaired) electrons. The van der Waals surface area contributed by atoms with E-state index in [0.29, 0.717) is 12.2 Å². The Balaban J connectivity index is 2.83. The predicted octanol–water partition coefficient (Wildman–Crippen LogP) is 1.32. The largest absolute Gasteiger partial charge is 0.478 e. The Bertz CT molecular complexity index is 229. The van der Waals surface area contributed by atoms with E-state index >= 15 is 0 Å². The molecule has 1 atom stereocenters. The standard InChI is InChI=1S/C8H10O3/c1-3-8(7(9)10)5-4-6(2)11-8/h3-4H,1,5H2,2H3,(H,9,10). The molecule has 11 heavy (non-hydrogen) atoms. The Kier molecular flexibility index (Phi) is 1.72. The maximum atomic E-state index is 10.7. The molecule has 1 aliphatic heterocycles. The molecule has 1 unspecified atom stereocenters. The van der Waals surface area contributed by atoms with Gasteiger partial charge in [-0.3, -0.25) is 0 Å². The molecule has 60 valence electrons. The fourth-order valence-electron chi connectivity index (χ4n) is 1.01. The summed E-state index contributed by atoms with van der Waals surface area (Å²) in [5.74, 6) is -0.340. The van der Waals surface area contributed by atoms with Gasteiger partial charge in [0.2, 0.25) is 5.60 Å². The normalized spacial score (nSPS) is 29.0. The van der Waals surface area contributed by atoms with Gasteiger partial charge in [-0.05, 0) is 19.1 Å². The molecule has 0 saturated carbocycles. The summed E-state index contributed by atoms with van der Waals surface area (Å²) >= 11 is 0. The van der Waals surface area contributed by atoms with Crippen molar-refractivity contribution in [2.45, 2.75) is 18.9 Å². The van der Waals surface area contributed by atoms with Crippen molar-refractivity contribution in [2.24, 2.45) is 0 Å². The van der Waals surface area contributed by atoms with Crippen molar-refractivity contribution < 1.29 is 14.6 Å². The lowest BCUT2D eigenvalue weighted by atomic mass is 10.0. The van der Waals surface area contributed by atoms with Crippen LogP contribution in [0.1, 0.15) is 13.3 Å². The molecule has 1 N–H and O–H groups in total. The summed E-state index contributed by atoms with van der Waals surface area (Å²) in [4.78, 5) is 10.7. The molecular weight excluding hydrogens is 144 g/mol. The molecule has 1 rings (SSSR count). The molecule has 0 fully saturated rings. The van der Waals surface area contributed by atoms with Crippen molar-refractivity contribution >= 4 is 5.97 Å². The van der Waals surface area contributed by atoms with Crippen molar-refractivity contribution in [1.82, 2.24) is 0 Å². The highest BCUT2D eigenvalue weighted by Gasteiger charge is 2.40. The summed E-state index contributed by atoms with van der Waals surface area (Å²) in [5, 5.41) is 8.75. The minimum atomic E-state index is -1.20. The lowest BCUT2D eigenvalue weighted by molar-refractivity contribution is -0.153. The summed E-state index contributed by atoms with van der Waals surface area (Å²) < 4.78 is 5.10. The van der Waals surface area contributed by atoms with Crippen LogP contribution in [0.5, 0.6) is 0 Å². The molecule has 0 aliphatic carbocycles. The van der Waals surface area contributed by atoms with E-state index < -0.39 is 11.6 Å². The number of ether oxygens (including phenoxy) is 1. The first-order valence-electron chi connectivity index (χ1n) is 3.33. The Morgan fingerprint density at radius 3 is 2.82 bits per heavy atom. The Morgan fingerprint density at radius 1 is 2.00 bits per heavy atom. The predicted molar refractivity (Wildman–Crippen MR) is 40.0 cm³/mol. The van der Waals surface area contributed by atoms with E-state index in [4.69, 9.17) is 9.84 Å². The molecule has 0 bridgehead atoms. The highest BCUT2D eigenvalue weighted by atomic mass is 16.5. The second kappa shape index (κ2) is 2.42. The number of hydrogen-bond acceptors (Lipinski definition) is 2. The van der Waals surface area contributed by atoms with Gasteiger partial charge < -0.3 is 9.84 Å². The van der Waals surface area contributed by atoms with Crippen molar-refractivity contribution in [2.75, 3.05) is 0 Å². The van der Waals surface area contributed by atoms with Crippen LogP contribution in [0.2, 0.25) is 0 Å². The van der Waals surface area contributed by atoms with Crippen LogP contribution in [0.15, 0.2) is 24.5 Å². The molecule has 0 amide bonds. The number of rotatable bonds is 2. The quantitative estimate of drug-likeness (QED) is 0.610. The van der Waals surface area contributed by atoms with Crippen LogP contribution in [0.4, 0.5) is 0 Å². The van der Waals surface area contributed by atoms with Crippen LogP contribution < -0.4 is 0 Å². The second-order valence-electron chi connectivity index (χ2n) is 2.52. The summed E-state index contributed by atoms with van der Waals surface area (Å²) in [6, 6.07) is 0. The van der Waals surface area contributed by atoms with Crippen molar-refractivity contribution in [3.63, 3.8) is 0 Å². The summed E-state index contributed by atoms with van der Waals surface area (Å²) in [5.41, 5.74) is -1.20. The minimum Gasteiger partial charge on any atom is -0.478 e. The molecule has 3 heteroatoms. The average Bonchev–Trinajstić information content (AvgIpc) is 2.33. The lowest BCUT2D eigenvalue weighted by Crippen LogP contribution is -2.35. The number of aliphatic carboxylic acids is 1. The molecule has 3 nitrogen and oxygen atoms in total. The Labute approximate surface area is 65.0 Å². The molecule has 0 aromatic rings. The molecule has 0 spiro atoms. The van der Waals surface area contributed by atoms with E-state index in [2.05, 4.69) is 6.58 Å². The van der Waals surface area contributed by atoms with Crippen LogP contribution in [0, 0.1) is 0 Å². The van der Waals surface area contributed by atoms with Gasteiger partial charge >= 0.3 is 5.97 Å². The zero-order valence-electron chi connectivity index (χ0n) is 6.33. The first-order chi connectivity index (χ1) is 5.10. The summed E-state index contributed by atoms with van der Waals surface area (Å²) in [7, 11) is 0. The van der Waals surface area contributed by atoms with Crippen LogP contribution >= 0.6 is 0 Å². The fourth-order valence-corrected chi connectivity index (χ4v) is 1.01. The highest BCUT2D eigenvalue weighted by molar-refractivity contribution is 5.81. The number of carboxylic acid groups (broad SMARTS) is 1. The number of carbonyl (C=O) groups is 1. The maximum absolute atomic E-state index is 10.7. The summed E-state index contributed by atoms with van der Waals surface area (Å²) in [6.45, 7) is 5.16. The lowest BCUT2D eigenvalue weighted by Gasteiger charge is -2.19. The highest BCUT2D eigenvalue weighted by Crippen LogP contribution is 2.29. The van der Waals surface area contributed by atoms with E-state index in [1.54, 1.807) is 13.0 Å². The van der Waals surface area contributed by atoms with Gasteiger partial charge in [-0.15, -0.1) is 0 Å². The SMILES string of the molecule is C=CC1(C(=O)O)CC=C(C)O1. The van der Waals surface area contributed by atoms with Gasteiger partial charge in [-0.2, -0.15) is 0 Å². The van der Waals surface area contributed by atoms with Crippen LogP contribution in [-0.4, -0.2) is 16.7 Å². The van der Waals surface area contributed by atoms with Gasteiger partial charge in [0.1, 0.15) is 0 Å². The van der Waals surface area contributed by atoms with Crippen molar-refractivity contribution in [3.8, 4) is 0 Å². The van der Waals surface area contributed by atoms with E-state index in [9.17, 15) is 4.79 Å². The van der Waals surface area contributed by atoms with Crippen molar-refractivity contribution in [1.29, 1.82) is 0 Å². The van der Waals surface area contributed by atoms with Gasteiger partial charge in [-0.25, -0.2) is 4.79 Å². The van der Waals surface area contributed by atoms with E-state index in [-0.39, 0.29) is 0 Å². The van der Waals surface area contributed by atoms with Gasteiger partial charge in [0.15, 0.2) is 0 Å². The van der Waals surface area contributed by atoms with Crippen LogP contribution in [0.25, 0.3) is 0 Å². The molecule has 0 aromatic heterocycles. The second-order valence-corrected chi connectivity index (χ2v) is 2.52. The molecule has 1 aliphatic rings. The Morgan fingerprint density at radius 2 is 2.64 bits per heavy atom. The number of allylic oxidation sites excluding steroid dienone is 1. The Hall–Kier alpha value is -1.25. The first-order valence-corrected chi connectivity index (χ1v) is 3.33. The number of carboxylic acids is 1. The topological polar surface area (TPSA) is 46.5 Å². The van der Waals surface area contributed by atoms with E-state index in [1.807, 2.05) is 0 Å². The fraction of sp³-hybridized carbons (Fsp3) is 0.375. The molecule has 0 saturated heterocycles. The summed E-state index contributed by atoms with van der Waals surface area (Å²) in [6.07, 6.45) is 3.44. The van der Waals surface area contributed by atoms with Gasteiger partial charge in [0.05, 0.1) is 5.76 Å². The van der Waals surface area contributed by atoms with Crippen LogP contribution in [0.3, 0.4) is 0 Å². The third kappa shape index (κ3) is 1.13. The van der Waals surface area contributed by atoms with Crippen molar-refractivity contribution in [3.05, 3.63) is 24.5 Å². The zero-order chi connectivity index (χ0) is 8.48. The maximum Gasteiger partial charge on any atom is 0.352 e. The molecule has 1 heterocycles. The third-order valence-corrected chi connectivity index (χ3v) is 1.73. The monoisotopic (exact) mass is 154 g/mol. The van der Waals surface area contributed by atoms with E-state index in [1.165, 1.54) is 6.08 Å². The molecular formula is C8H10O3. The minimum absolute atomic E-state index is 0.373. The van der Waals surface area contributed by atoms with Crippen LogP contribution in [-0.2, 0) is 9.53 Å². The molecule has 0 aromatic carbocycles. The average molecular weight is 154 g/mol. The smallest absolute Gasteiger partial charge is 0.352 e. The third-order valence-electron chi connectivity index (χ3n) is 1.73. The van der Waals surface area contributed by atoms with E-state index in [0.717, 1.165) is 0 Å². The van der Waals surface area contributed by atoms with Gasteiger partial charge in [-0.1, -0.05) is 6.58 Å². The first kappa shape index (κ1) is 7.85. The van der Waals surface area contributed by atoms with Gasteiger partial charge in [0, 0.05) is 6.42 Å². The van der Waals surface area contributed by atoms with Gasteiger partial charge in [0.25, 0.3) is 0 Å². The number of hydrogen-bond donors (Lipinski definition) is 1. The zero-order valence-corrected chi connectivity index (χ0v) is 6.33.